The van der Waals surface area contributed by atoms with Crippen LogP contribution in [0, 0.1) is 0 Å². The van der Waals surface area contributed by atoms with E-state index in [9.17, 15) is 4.79 Å². The van der Waals surface area contributed by atoms with E-state index >= 15 is 0 Å². The van der Waals surface area contributed by atoms with E-state index in [1.807, 2.05) is 12.1 Å². The Morgan fingerprint density at radius 2 is 1.76 bits per heavy atom. The maximum absolute atomic E-state index is 12.2. The minimum Gasteiger partial charge on any atom is -0.454 e. The van der Waals surface area contributed by atoms with Gasteiger partial charge < -0.3 is 19.7 Å². The molecule has 25 heavy (non-hydrogen) atoms. The van der Waals surface area contributed by atoms with Crippen LogP contribution in [0.5, 0.6) is 11.5 Å². The molecule has 2 aliphatic rings. The van der Waals surface area contributed by atoms with Gasteiger partial charge in [-0.15, -0.1) is 0 Å². The smallest absolute Gasteiger partial charge is 0.231 e. The van der Waals surface area contributed by atoms with E-state index < -0.39 is 0 Å². The van der Waals surface area contributed by atoms with Gasteiger partial charge in [-0.25, -0.2) is 0 Å². The van der Waals surface area contributed by atoms with Crippen LogP contribution < -0.4 is 19.7 Å². The summed E-state index contributed by atoms with van der Waals surface area (Å²) in [5.74, 6) is 1.50. The first kappa shape index (κ1) is 15.8. The molecule has 0 radical (unpaired) electrons. The molecule has 5 nitrogen and oxygen atoms in total. The van der Waals surface area contributed by atoms with Gasteiger partial charge >= 0.3 is 0 Å². The highest BCUT2D eigenvalue weighted by atomic mass is 16.7. The summed E-state index contributed by atoms with van der Waals surface area (Å²) in [5.41, 5.74) is 4.25. The third kappa shape index (κ3) is 2.80. The van der Waals surface area contributed by atoms with Gasteiger partial charge in [-0.3, -0.25) is 4.79 Å². The molecule has 2 aromatic carbocycles. The summed E-state index contributed by atoms with van der Waals surface area (Å²) in [4.78, 5) is 14.5. The topological polar surface area (TPSA) is 50.8 Å². The van der Waals surface area contributed by atoms with Crippen LogP contribution in [-0.4, -0.2) is 25.8 Å². The molecule has 0 fully saturated rings. The molecule has 1 N–H and O–H groups in total. The lowest BCUT2D eigenvalue weighted by Gasteiger charge is -2.27. The lowest BCUT2D eigenvalue weighted by atomic mass is 9.84. The highest BCUT2D eigenvalue weighted by Gasteiger charge is 2.29. The quantitative estimate of drug-likeness (QED) is 0.923. The lowest BCUT2D eigenvalue weighted by Crippen LogP contribution is -2.24. The highest BCUT2D eigenvalue weighted by Crippen LogP contribution is 2.44. The SMILES string of the molecule is CCN(CC)c1ccc([C@H]2CC(=O)Nc3cc4c(cc32)OCO4)cc1. The number of nitrogens with zero attached hydrogens (tertiary/aromatic N) is 1. The van der Waals surface area contributed by atoms with Crippen LogP contribution in [0.2, 0.25) is 0 Å². The van der Waals surface area contributed by atoms with E-state index in [2.05, 4.69) is 48.3 Å². The molecule has 2 aromatic rings. The Morgan fingerprint density at radius 1 is 1.08 bits per heavy atom. The minimum absolute atomic E-state index is 0.0315. The van der Waals surface area contributed by atoms with Crippen molar-refractivity contribution in [3.63, 3.8) is 0 Å². The second-order valence-corrected chi connectivity index (χ2v) is 6.36. The number of hydrogen-bond donors (Lipinski definition) is 1. The van der Waals surface area contributed by atoms with Crippen molar-refractivity contribution < 1.29 is 14.3 Å². The Morgan fingerprint density at radius 3 is 2.44 bits per heavy atom. The summed E-state index contributed by atoms with van der Waals surface area (Å²) in [6.07, 6.45) is 0.442. The molecular weight excluding hydrogens is 316 g/mol. The van der Waals surface area contributed by atoms with Gasteiger partial charge in [-0.2, -0.15) is 0 Å². The molecule has 0 saturated heterocycles. The number of ether oxygens (including phenoxy) is 2. The molecule has 0 saturated carbocycles. The number of anilines is 2. The van der Waals surface area contributed by atoms with E-state index in [1.165, 1.54) is 5.69 Å². The van der Waals surface area contributed by atoms with Crippen molar-refractivity contribution in [1.82, 2.24) is 0 Å². The standard InChI is InChI=1S/C20H22N2O3/c1-3-22(4-2)14-7-5-13(6-8-14)15-10-20(23)21-17-11-19-18(9-16(15)17)24-12-25-19/h5-9,11,15H,3-4,10,12H2,1-2H3,(H,21,23)/t15-/m1/s1. The molecule has 2 aliphatic heterocycles. The van der Waals surface area contributed by atoms with Crippen molar-refractivity contribution >= 4 is 17.3 Å². The van der Waals surface area contributed by atoms with E-state index in [0.717, 1.165) is 35.7 Å². The van der Waals surface area contributed by atoms with Crippen molar-refractivity contribution in [3.05, 3.63) is 47.5 Å². The number of nitrogens with one attached hydrogen (secondary N) is 1. The van der Waals surface area contributed by atoms with E-state index in [1.54, 1.807) is 0 Å². The Balaban J connectivity index is 1.70. The molecule has 0 spiro atoms. The molecule has 0 aliphatic carbocycles. The fourth-order valence-corrected chi connectivity index (χ4v) is 3.65. The van der Waals surface area contributed by atoms with Crippen molar-refractivity contribution in [2.24, 2.45) is 0 Å². The van der Waals surface area contributed by atoms with Crippen molar-refractivity contribution in [3.8, 4) is 11.5 Å². The second kappa shape index (κ2) is 6.31. The molecule has 4 rings (SSSR count). The minimum atomic E-state index is 0.0315. The molecule has 1 amide bonds. The van der Waals surface area contributed by atoms with Gasteiger partial charge in [0.2, 0.25) is 12.7 Å². The summed E-state index contributed by atoms with van der Waals surface area (Å²) in [7, 11) is 0. The summed E-state index contributed by atoms with van der Waals surface area (Å²) < 4.78 is 10.9. The fourth-order valence-electron chi connectivity index (χ4n) is 3.65. The Hall–Kier alpha value is -2.69. The van der Waals surface area contributed by atoms with Gasteiger partial charge in [0.15, 0.2) is 11.5 Å². The molecule has 0 aromatic heterocycles. The van der Waals surface area contributed by atoms with Crippen LogP contribution in [0.25, 0.3) is 0 Å². The molecular formula is C20H22N2O3. The van der Waals surface area contributed by atoms with Gasteiger partial charge in [-0.05, 0) is 43.2 Å². The van der Waals surface area contributed by atoms with Gasteiger partial charge in [-0.1, -0.05) is 12.1 Å². The maximum Gasteiger partial charge on any atom is 0.231 e. The zero-order valence-corrected chi connectivity index (χ0v) is 14.5. The largest absolute Gasteiger partial charge is 0.454 e. The normalized spacial score (nSPS) is 17.8. The lowest BCUT2D eigenvalue weighted by molar-refractivity contribution is -0.116. The predicted octanol–water partition coefficient (Wildman–Crippen LogP) is 3.74. The maximum atomic E-state index is 12.2. The zero-order valence-electron chi connectivity index (χ0n) is 14.5. The van der Waals surface area contributed by atoms with Crippen LogP contribution in [0.4, 0.5) is 11.4 Å². The van der Waals surface area contributed by atoms with Crippen molar-refractivity contribution in [2.75, 3.05) is 30.1 Å². The van der Waals surface area contributed by atoms with Gasteiger partial charge in [0.25, 0.3) is 0 Å². The zero-order chi connectivity index (χ0) is 17.4. The molecule has 1 atom stereocenters. The molecule has 0 bridgehead atoms. The number of benzene rings is 2. The van der Waals surface area contributed by atoms with E-state index in [4.69, 9.17) is 9.47 Å². The number of carbonyl (C=O) groups excluding carboxylic acids is 1. The van der Waals surface area contributed by atoms with Crippen molar-refractivity contribution in [2.45, 2.75) is 26.2 Å². The summed E-state index contributed by atoms with van der Waals surface area (Å²) in [6, 6.07) is 12.4. The highest BCUT2D eigenvalue weighted by molar-refractivity contribution is 5.96. The number of amides is 1. The number of carbonyl (C=O) groups is 1. The average molecular weight is 338 g/mol. The summed E-state index contributed by atoms with van der Waals surface area (Å²) in [5, 5.41) is 2.95. The van der Waals surface area contributed by atoms with Crippen LogP contribution >= 0.6 is 0 Å². The van der Waals surface area contributed by atoms with Gasteiger partial charge in [0, 0.05) is 42.9 Å². The predicted molar refractivity (Wildman–Crippen MR) is 97.7 cm³/mol. The first-order valence-electron chi connectivity index (χ1n) is 8.78. The molecule has 0 unspecified atom stereocenters. The Labute approximate surface area is 147 Å². The third-order valence-electron chi connectivity index (χ3n) is 5.01. The Kier molecular flexibility index (Phi) is 3.99. The number of fused-ring (bicyclic) bond motifs is 2. The summed E-state index contributed by atoms with van der Waals surface area (Å²) in [6.45, 7) is 6.50. The molecule has 2 heterocycles. The van der Waals surface area contributed by atoms with Crippen LogP contribution in [0.3, 0.4) is 0 Å². The number of hydrogen-bond acceptors (Lipinski definition) is 4. The van der Waals surface area contributed by atoms with Crippen molar-refractivity contribution in [1.29, 1.82) is 0 Å². The molecule has 130 valence electrons. The summed E-state index contributed by atoms with van der Waals surface area (Å²) >= 11 is 0. The third-order valence-corrected chi connectivity index (χ3v) is 5.01. The molecule has 5 heteroatoms. The van der Waals surface area contributed by atoms with Gasteiger partial charge in [0.05, 0.1) is 0 Å². The second-order valence-electron chi connectivity index (χ2n) is 6.36. The fraction of sp³-hybridized carbons (Fsp3) is 0.350. The van der Waals surface area contributed by atoms with Crippen LogP contribution in [-0.2, 0) is 4.79 Å². The average Bonchev–Trinajstić information content (AvgIpc) is 3.08. The first-order valence-corrected chi connectivity index (χ1v) is 8.78. The number of rotatable bonds is 4. The van der Waals surface area contributed by atoms with Crippen LogP contribution in [0.1, 0.15) is 37.3 Å². The Bertz CT molecular complexity index is 797. The van der Waals surface area contributed by atoms with Crippen LogP contribution in [0.15, 0.2) is 36.4 Å². The van der Waals surface area contributed by atoms with E-state index in [-0.39, 0.29) is 18.6 Å². The van der Waals surface area contributed by atoms with Gasteiger partial charge in [0.1, 0.15) is 0 Å². The first-order chi connectivity index (χ1) is 12.2. The van der Waals surface area contributed by atoms with E-state index in [0.29, 0.717) is 12.2 Å². The monoisotopic (exact) mass is 338 g/mol.